The van der Waals surface area contributed by atoms with E-state index in [0.717, 1.165) is 64.2 Å². The average molecular weight is 979 g/mol. The predicted molar refractivity (Wildman–Crippen MR) is 279 cm³/mol. The van der Waals surface area contributed by atoms with Crippen molar-refractivity contribution < 1.29 is 52.2 Å². The van der Waals surface area contributed by atoms with Crippen LogP contribution in [0.1, 0.15) is 239 Å². The summed E-state index contributed by atoms with van der Waals surface area (Å²) >= 11 is 0. The zero-order valence-electron chi connectivity index (χ0n) is 43.3. The zero-order chi connectivity index (χ0) is 49.9. The molecule has 0 heterocycles. The third kappa shape index (κ3) is 48.2. The van der Waals surface area contributed by atoms with E-state index in [1.165, 1.54) is 116 Å². The fraction of sp³-hybridized carbons (Fsp3) is 0.768. The minimum atomic E-state index is -4.76. The van der Waals surface area contributed by atoms with Gasteiger partial charge in [0.1, 0.15) is 12.7 Å². The van der Waals surface area contributed by atoms with Gasteiger partial charge in [0.2, 0.25) is 0 Å². The fourth-order valence-electron chi connectivity index (χ4n) is 7.37. The second kappa shape index (κ2) is 50.6. The minimum Gasteiger partial charge on any atom is -0.462 e. The van der Waals surface area contributed by atoms with Crippen LogP contribution in [-0.2, 0) is 42.2 Å². The Labute approximate surface area is 415 Å². The minimum absolute atomic E-state index is 0.0624. The smallest absolute Gasteiger partial charge is 0.462 e. The van der Waals surface area contributed by atoms with Crippen LogP contribution in [0.25, 0.3) is 0 Å². The van der Waals surface area contributed by atoms with Gasteiger partial charge in [-0.3, -0.25) is 23.4 Å². The van der Waals surface area contributed by atoms with Crippen molar-refractivity contribution in [3.05, 3.63) is 60.8 Å². The number of hydrogen-bond donors (Lipinski definition) is 2. The number of carbonyl (C=O) groups excluding carboxylic acids is 3. The van der Waals surface area contributed by atoms with E-state index in [-0.39, 0.29) is 25.9 Å². The molecule has 0 saturated heterocycles. The van der Waals surface area contributed by atoms with Crippen molar-refractivity contribution in [3.63, 3.8) is 0 Å². The number of aliphatic hydroxyl groups excluding tert-OH is 1. The molecule has 0 radical (unpaired) electrons. The topological polar surface area (TPSA) is 155 Å². The van der Waals surface area contributed by atoms with E-state index < -0.39 is 57.8 Å². The number of ether oxygens (including phenoxy) is 3. The maximum absolute atomic E-state index is 12.8. The standard InChI is InChI=1S/C56H99O11P/c1-4-7-10-13-16-19-22-24-26-28-31-33-36-39-42-45-54(58)63-49-53(67-56(60)47-44-41-38-35-32-29-27-25-23-20-17-14-11-8-5-2)51-65-68(61,62)64-50-52(48-57)66-55(59)46-43-40-37-34-30-21-18-15-12-9-6-3/h8,11,17,20,25,27,32,35,41,44,52-53,57H,4-7,9-10,12-16,18-19,21-24,26,28-31,33-34,36-40,42-43,45-51H2,1-3H3,(H,61,62)/b11-8-,20-17-,27-25-,35-32-,44-41-. The second-order valence-corrected chi connectivity index (χ2v) is 19.5. The molecule has 0 aliphatic rings. The van der Waals surface area contributed by atoms with Crippen molar-refractivity contribution in [1.82, 2.24) is 0 Å². The molecular weight excluding hydrogens is 880 g/mol. The first-order chi connectivity index (χ1) is 33.2. The van der Waals surface area contributed by atoms with E-state index in [2.05, 4.69) is 63.3 Å². The zero-order valence-corrected chi connectivity index (χ0v) is 44.2. The molecule has 0 aromatic carbocycles. The Morgan fingerprint density at radius 1 is 0.426 bits per heavy atom. The molecule has 0 saturated carbocycles. The van der Waals surface area contributed by atoms with Crippen molar-refractivity contribution in [3.8, 4) is 0 Å². The summed E-state index contributed by atoms with van der Waals surface area (Å²) in [6.07, 6.45) is 53.6. The Kier molecular flexibility index (Phi) is 48.5. The van der Waals surface area contributed by atoms with Gasteiger partial charge in [-0.25, -0.2) is 4.57 Å². The highest BCUT2D eigenvalue weighted by molar-refractivity contribution is 7.47. The quantitative estimate of drug-likeness (QED) is 0.0197. The number of phosphoric acid groups is 1. The second-order valence-electron chi connectivity index (χ2n) is 18.0. The molecule has 0 rings (SSSR count). The number of phosphoric ester groups is 1. The van der Waals surface area contributed by atoms with Crippen molar-refractivity contribution in [2.45, 2.75) is 251 Å². The Morgan fingerprint density at radius 2 is 0.765 bits per heavy atom. The molecule has 68 heavy (non-hydrogen) atoms. The molecule has 2 N–H and O–H groups in total. The fourth-order valence-corrected chi connectivity index (χ4v) is 8.16. The van der Waals surface area contributed by atoms with Gasteiger partial charge in [0.15, 0.2) is 6.10 Å². The molecule has 0 amide bonds. The lowest BCUT2D eigenvalue weighted by Crippen LogP contribution is -2.30. The highest BCUT2D eigenvalue weighted by Gasteiger charge is 2.28. The molecule has 0 aromatic rings. The molecule has 0 spiro atoms. The van der Waals surface area contributed by atoms with Crippen LogP contribution in [0.3, 0.4) is 0 Å². The number of unbranched alkanes of at least 4 members (excludes halogenated alkanes) is 24. The molecular formula is C56H99O11P. The summed E-state index contributed by atoms with van der Waals surface area (Å²) in [6.45, 7) is 4.42. The van der Waals surface area contributed by atoms with E-state index in [4.69, 9.17) is 23.3 Å². The summed E-state index contributed by atoms with van der Waals surface area (Å²) in [6, 6.07) is 0. The maximum Gasteiger partial charge on any atom is 0.472 e. The highest BCUT2D eigenvalue weighted by atomic mass is 31.2. The van der Waals surface area contributed by atoms with Gasteiger partial charge in [-0.2, -0.15) is 0 Å². The normalized spacial score (nSPS) is 13.9. The summed E-state index contributed by atoms with van der Waals surface area (Å²) in [7, 11) is -4.76. The SMILES string of the molecule is CC/C=C\C/C=C\C/C=C\C/C=C\C/C=C\CC(=O)OC(COC(=O)CCCCCCCCCCCCCCCCC)COP(=O)(O)OCC(CO)OC(=O)CCCCCCCCCCCCC. The molecule has 0 aliphatic heterocycles. The lowest BCUT2D eigenvalue weighted by Gasteiger charge is -2.21. The van der Waals surface area contributed by atoms with Gasteiger partial charge in [-0.1, -0.05) is 236 Å². The van der Waals surface area contributed by atoms with Crippen LogP contribution in [0.4, 0.5) is 0 Å². The molecule has 3 atom stereocenters. The van der Waals surface area contributed by atoms with Crippen LogP contribution in [0, 0.1) is 0 Å². The number of aliphatic hydroxyl groups is 1. The van der Waals surface area contributed by atoms with Crippen LogP contribution in [0.2, 0.25) is 0 Å². The number of esters is 3. The predicted octanol–water partition coefficient (Wildman–Crippen LogP) is 15.6. The van der Waals surface area contributed by atoms with Crippen LogP contribution < -0.4 is 0 Å². The van der Waals surface area contributed by atoms with Crippen molar-refractivity contribution in [1.29, 1.82) is 0 Å². The summed E-state index contributed by atoms with van der Waals surface area (Å²) in [5.74, 6) is -1.61. The van der Waals surface area contributed by atoms with Gasteiger partial charge < -0.3 is 24.2 Å². The van der Waals surface area contributed by atoms with Gasteiger partial charge in [0, 0.05) is 12.8 Å². The molecule has 0 aromatic heterocycles. The Bertz CT molecular complexity index is 1370. The lowest BCUT2D eigenvalue weighted by molar-refractivity contribution is -0.160. The van der Waals surface area contributed by atoms with Crippen LogP contribution in [0.5, 0.6) is 0 Å². The number of carbonyl (C=O) groups is 3. The third-order valence-electron chi connectivity index (χ3n) is 11.5. The monoisotopic (exact) mass is 979 g/mol. The first-order valence-corrected chi connectivity index (χ1v) is 28.7. The van der Waals surface area contributed by atoms with Gasteiger partial charge >= 0.3 is 25.7 Å². The first kappa shape index (κ1) is 65.2. The van der Waals surface area contributed by atoms with Crippen LogP contribution in [-0.4, -0.2) is 66.5 Å². The Morgan fingerprint density at radius 3 is 1.16 bits per heavy atom. The molecule has 0 aliphatic carbocycles. The molecule has 3 unspecified atom stereocenters. The molecule has 394 valence electrons. The van der Waals surface area contributed by atoms with Gasteiger partial charge in [-0.15, -0.1) is 0 Å². The van der Waals surface area contributed by atoms with Crippen molar-refractivity contribution >= 4 is 25.7 Å². The average Bonchev–Trinajstić information content (AvgIpc) is 3.32. The number of rotatable bonds is 50. The summed E-state index contributed by atoms with van der Waals surface area (Å²) < 4.78 is 39.3. The van der Waals surface area contributed by atoms with Gasteiger partial charge in [0.25, 0.3) is 0 Å². The van der Waals surface area contributed by atoms with Gasteiger partial charge in [0.05, 0.1) is 26.2 Å². The first-order valence-electron chi connectivity index (χ1n) is 27.2. The van der Waals surface area contributed by atoms with Crippen molar-refractivity contribution in [2.24, 2.45) is 0 Å². The van der Waals surface area contributed by atoms with E-state index in [1.54, 1.807) is 6.08 Å². The Hall–Kier alpha value is -2.82. The molecule has 0 bridgehead atoms. The van der Waals surface area contributed by atoms with E-state index in [1.807, 2.05) is 12.2 Å². The largest absolute Gasteiger partial charge is 0.472 e. The third-order valence-corrected chi connectivity index (χ3v) is 12.4. The van der Waals surface area contributed by atoms with Crippen LogP contribution in [0.15, 0.2) is 60.8 Å². The van der Waals surface area contributed by atoms with Gasteiger partial charge in [-0.05, 0) is 44.9 Å². The van der Waals surface area contributed by atoms with E-state index in [9.17, 15) is 28.9 Å². The Balaban J connectivity index is 4.83. The number of allylic oxidation sites excluding steroid dienone is 9. The van der Waals surface area contributed by atoms with Crippen LogP contribution >= 0.6 is 7.82 Å². The molecule has 0 fully saturated rings. The summed E-state index contributed by atoms with van der Waals surface area (Å²) in [4.78, 5) is 48.3. The summed E-state index contributed by atoms with van der Waals surface area (Å²) in [5, 5.41) is 9.77. The molecule has 11 nitrogen and oxygen atoms in total. The van der Waals surface area contributed by atoms with Crippen molar-refractivity contribution in [2.75, 3.05) is 26.4 Å². The van der Waals surface area contributed by atoms with E-state index in [0.29, 0.717) is 19.3 Å². The molecule has 12 heteroatoms. The maximum atomic E-state index is 12.8. The summed E-state index contributed by atoms with van der Waals surface area (Å²) in [5.41, 5.74) is 0. The lowest BCUT2D eigenvalue weighted by atomic mass is 10.0. The highest BCUT2D eigenvalue weighted by Crippen LogP contribution is 2.43. The van der Waals surface area contributed by atoms with E-state index >= 15 is 0 Å². The number of hydrogen-bond acceptors (Lipinski definition) is 10.